The van der Waals surface area contributed by atoms with Crippen LogP contribution in [-0.4, -0.2) is 24.7 Å². The molecule has 0 aliphatic rings. The van der Waals surface area contributed by atoms with Crippen molar-refractivity contribution in [2.45, 2.75) is 13.5 Å². The van der Waals surface area contributed by atoms with E-state index in [0.717, 1.165) is 63.0 Å². The molecule has 0 saturated heterocycles. The molecule has 1 N–H and O–H groups in total. The Morgan fingerprint density at radius 1 is 0.667 bits per heavy atom. The van der Waals surface area contributed by atoms with E-state index in [9.17, 15) is 0 Å². The molecular formula is C31H25N5. The van der Waals surface area contributed by atoms with Crippen molar-refractivity contribution >= 4 is 0 Å². The van der Waals surface area contributed by atoms with Gasteiger partial charge < -0.3 is 4.57 Å². The predicted molar refractivity (Wildman–Crippen MR) is 145 cm³/mol. The van der Waals surface area contributed by atoms with Gasteiger partial charge in [-0.1, -0.05) is 103 Å². The highest BCUT2D eigenvalue weighted by atomic mass is 15.2. The smallest absolute Gasteiger partial charge is 0.155 e. The normalized spacial score (nSPS) is 11.0. The summed E-state index contributed by atoms with van der Waals surface area (Å²) in [5.74, 6) is 1.71. The maximum atomic E-state index is 5.29. The summed E-state index contributed by atoms with van der Waals surface area (Å²) in [6, 6.07) is 37.8. The maximum Gasteiger partial charge on any atom is 0.155 e. The molecule has 2 heterocycles. The number of benzene rings is 4. The van der Waals surface area contributed by atoms with Crippen LogP contribution in [0.15, 0.2) is 116 Å². The first-order valence-electron chi connectivity index (χ1n) is 12.1. The van der Waals surface area contributed by atoms with Crippen LogP contribution in [0.3, 0.4) is 0 Å². The molecule has 174 valence electrons. The lowest BCUT2D eigenvalue weighted by atomic mass is 9.97. The number of nitrogens with one attached hydrogen (secondary N) is 1. The Bertz CT molecular complexity index is 1600. The van der Waals surface area contributed by atoms with Crippen LogP contribution in [0.1, 0.15) is 6.92 Å². The average Bonchev–Trinajstić information content (AvgIpc) is 3.63. The summed E-state index contributed by atoms with van der Waals surface area (Å²) >= 11 is 0. The van der Waals surface area contributed by atoms with E-state index in [-0.39, 0.29) is 0 Å². The predicted octanol–water partition coefficient (Wildman–Crippen LogP) is 7.36. The second-order valence-corrected chi connectivity index (χ2v) is 8.57. The number of nitrogens with zero attached hydrogens (tertiary/aromatic N) is 4. The Balaban J connectivity index is 1.58. The first kappa shape index (κ1) is 21.7. The van der Waals surface area contributed by atoms with Crippen molar-refractivity contribution in [1.82, 2.24) is 24.7 Å². The number of rotatable bonds is 6. The molecule has 0 bridgehead atoms. The number of aromatic amines is 1. The first-order chi connectivity index (χ1) is 17.8. The summed E-state index contributed by atoms with van der Waals surface area (Å²) in [4.78, 5) is 9.62. The number of hydrogen-bond acceptors (Lipinski definition) is 3. The zero-order chi connectivity index (χ0) is 24.3. The van der Waals surface area contributed by atoms with Crippen molar-refractivity contribution in [3.63, 3.8) is 0 Å². The Morgan fingerprint density at radius 2 is 1.31 bits per heavy atom. The van der Waals surface area contributed by atoms with E-state index in [2.05, 4.69) is 124 Å². The second kappa shape index (κ2) is 9.47. The van der Waals surface area contributed by atoms with Crippen molar-refractivity contribution in [2.24, 2.45) is 0 Å². The minimum Gasteiger partial charge on any atom is -0.324 e. The number of aromatic nitrogens is 5. The fourth-order valence-corrected chi connectivity index (χ4v) is 4.76. The van der Waals surface area contributed by atoms with Gasteiger partial charge in [-0.15, -0.1) is 0 Å². The van der Waals surface area contributed by atoms with Gasteiger partial charge in [-0.05, 0) is 24.1 Å². The third-order valence-corrected chi connectivity index (χ3v) is 6.41. The van der Waals surface area contributed by atoms with E-state index >= 15 is 0 Å². The van der Waals surface area contributed by atoms with Gasteiger partial charge in [-0.2, -0.15) is 5.10 Å². The van der Waals surface area contributed by atoms with Crippen LogP contribution in [0.4, 0.5) is 0 Å². The van der Waals surface area contributed by atoms with Gasteiger partial charge in [0.1, 0.15) is 12.2 Å². The lowest BCUT2D eigenvalue weighted by molar-refractivity contribution is 0.778. The molecule has 5 nitrogen and oxygen atoms in total. The molecular weight excluding hydrogens is 442 g/mol. The number of imidazole rings is 1. The molecule has 0 aliphatic heterocycles. The average molecular weight is 468 g/mol. The summed E-state index contributed by atoms with van der Waals surface area (Å²) in [5, 5.41) is 6.98. The highest BCUT2D eigenvalue weighted by molar-refractivity contribution is 5.87. The molecule has 5 heteroatoms. The van der Waals surface area contributed by atoms with E-state index < -0.39 is 0 Å². The van der Waals surface area contributed by atoms with Crippen LogP contribution in [0, 0.1) is 0 Å². The van der Waals surface area contributed by atoms with Crippen molar-refractivity contribution in [1.29, 1.82) is 0 Å². The van der Waals surface area contributed by atoms with Crippen molar-refractivity contribution in [2.75, 3.05) is 0 Å². The van der Waals surface area contributed by atoms with Gasteiger partial charge in [0.05, 0.1) is 11.4 Å². The summed E-state index contributed by atoms with van der Waals surface area (Å²) in [7, 11) is 0. The Labute approximate surface area is 210 Å². The maximum absolute atomic E-state index is 5.29. The molecule has 0 atom stereocenters. The first-order valence-corrected chi connectivity index (χ1v) is 12.1. The Morgan fingerprint density at radius 3 is 2.00 bits per heavy atom. The molecule has 0 unspecified atom stereocenters. The lowest BCUT2D eigenvalue weighted by Crippen LogP contribution is -2.01. The zero-order valence-electron chi connectivity index (χ0n) is 20.0. The fourth-order valence-electron chi connectivity index (χ4n) is 4.76. The molecule has 6 rings (SSSR count). The molecule has 0 saturated carbocycles. The molecule has 0 aliphatic carbocycles. The van der Waals surface area contributed by atoms with E-state index in [1.165, 1.54) is 6.33 Å². The Hall–Kier alpha value is -4.77. The van der Waals surface area contributed by atoms with E-state index in [1.54, 1.807) is 0 Å². The van der Waals surface area contributed by atoms with Crippen molar-refractivity contribution in [3.05, 3.63) is 116 Å². The highest BCUT2D eigenvalue weighted by Gasteiger charge is 2.22. The van der Waals surface area contributed by atoms with Crippen molar-refractivity contribution in [3.8, 4) is 56.4 Å². The van der Waals surface area contributed by atoms with E-state index in [0.29, 0.717) is 0 Å². The highest BCUT2D eigenvalue weighted by Crippen LogP contribution is 2.39. The summed E-state index contributed by atoms with van der Waals surface area (Å²) in [6.07, 6.45) is 1.53. The van der Waals surface area contributed by atoms with Gasteiger partial charge in [0.2, 0.25) is 0 Å². The monoisotopic (exact) mass is 467 g/mol. The van der Waals surface area contributed by atoms with E-state index in [1.807, 2.05) is 12.1 Å². The minimum absolute atomic E-state index is 0.752. The van der Waals surface area contributed by atoms with Crippen LogP contribution in [-0.2, 0) is 6.54 Å². The number of hydrogen-bond donors (Lipinski definition) is 1. The summed E-state index contributed by atoms with van der Waals surface area (Å²) < 4.78 is 2.33. The van der Waals surface area contributed by atoms with Crippen LogP contribution < -0.4 is 0 Å². The fraction of sp³-hybridized carbons (Fsp3) is 0.0645. The molecule has 4 aromatic carbocycles. The standard InChI is InChI=1S/C31H25N5/c1-2-36-29(23-14-7-4-8-15-23)28(22-12-5-3-6-13-22)34-31(36)27-19-10-9-18-26(27)24-16-11-17-25(20-24)30-32-21-33-35-30/h3-21H,2H2,1H3,(H,32,33,35). The summed E-state index contributed by atoms with van der Waals surface area (Å²) in [6.45, 7) is 2.98. The summed E-state index contributed by atoms with van der Waals surface area (Å²) in [5.41, 5.74) is 8.69. The topological polar surface area (TPSA) is 59.4 Å². The quantitative estimate of drug-likeness (QED) is 0.278. The molecule has 0 spiro atoms. The molecule has 2 aromatic heterocycles. The molecule has 0 fully saturated rings. The third-order valence-electron chi connectivity index (χ3n) is 6.41. The zero-order valence-corrected chi connectivity index (χ0v) is 20.0. The van der Waals surface area contributed by atoms with Crippen LogP contribution in [0.5, 0.6) is 0 Å². The molecule has 0 amide bonds. The van der Waals surface area contributed by atoms with Crippen LogP contribution in [0.25, 0.3) is 56.4 Å². The lowest BCUT2D eigenvalue weighted by Gasteiger charge is -2.14. The van der Waals surface area contributed by atoms with Gasteiger partial charge >= 0.3 is 0 Å². The van der Waals surface area contributed by atoms with Gasteiger partial charge in [0.25, 0.3) is 0 Å². The Kier molecular flexibility index (Phi) is 5.72. The third kappa shape index (κ3) is 3.91. The molecule has 6 aromatic rings. The van der Waals surface area contributed by atoms with E-state index in [4.69, 9.17) is 4.98 Å². The molecule has 0 radical (unpaired) electrons. The van der Waals surface area contributed by atoms with Crippen LogP contribution >= 0.6 is 0 Å². The second-order valence-electron chi connectivity index (χ2n) is 8.57. The van der Waals surface area contributed by atoms with Gasteiger partial charge in [0, 0.05) is 28.8 Å². The SMILES string of the molecule is CCn1c(-c2ccccc2-c2cccc(-c3ncn[nH]3)c2)nc(-c2ccccc2)c1-c1ccccc1. The van der Waals surface area contributed by atoms with Crippen molar-refractivity contribution < 1.29 is 0 Å². The van der Waals surface area contributed by atoms with Crippen LogP contribution in [0.2, 0.25) is 0 Å². The largest absolute Gasteiger partial charge is 0.324 e. The van der Waals surface area contributed by atoms with Gasteiger partial charge in [-0.3, -0.25) is 5.10 Å². The molecule has 36 heavy (non-hydrogen) atoms. The minimum atomic E-state index is 0.752. The van der Waals surface area contributed by atoms with Gasteiger partial charge in [0.15, 0.2) is 5.82 Å². The number of H-pyrrole nitrogens is 1. The van der Waals surface area contributed by atoms with Gasteiger partial charge in [-0.25, -0.2) is 9.97 Å².